The van der Waals surface area contributed by atoms with Gasteiger partial charge in [-0.15, -0.1) is 11.3 Å². The molecule has 120 valence electrons. The molecule has 3 heterocycles. The highest BCUT2D eigenvalue weighted by Crippen LogP contribution is 2.35. The van der Waals surface area contributed by atoms with Gasteiger partial charge in [-0.25, -0.2) is 5.01 Å². The molecule has 0 saturated heterocycles. The minimum Gasteiger partial charge on any atom is -0.481 e. The molecular weight excluding hydrogens is 316 g/mol. The maximum absolute atomic E-state index is 12.4. The molecule has 2 aromatic rings. The topological polar surface area (TPSA) is 83.1 Å². The Kier molecular flexibility index (Phi) is 4.57. The second-order valence-electron chi connectivity index (χ2n) is 5.24. The third kappa shape index (κ3) is 3.50. The Balaban J connectivity index is 1.77. The van der Waals surface area contributed by atoms with E-state index in [0.29, 0.717) is 18.6 Å². The van der Waals surface area contributed by atoms with Crippen molar-refractivity contribution in [2.45, 2.75) is 31.7 Å². The van der Waals surface area contributed by atoms with Gasteiger partial charge in [0.1, 0.15) is 11.5 Å². The minimum absolute atomic E-state index is 0.0159. The second-order valence-corrected chi connectivity index (χ2v) is 6.22. The van der Waals surface area contributed by atoms with Gasteiger partial charge in [-0.05, 0) is 30.0 Å². The van der Waals surface area contributed by atoms with E-state index in [1.54, 1.807) is 23.7 Å². The number of carbonyl (C=O) groups is 2. The summed E-state index contributed by atoms with van der Waals surface area (Å²) in [6.45, 7) is 0. The summed E-state index contributed by atoms with van der Waals surface area (Å²) in [5.74, 6) is -0.396. The van der Waals surface area contributed by atoms with E-state index in [9.17, 15) is 9.59 Å². The van der Waals surface area contributed by atoms with E-state index in [1.165, 1.54) is 5.01 Å². The molecule has 1 aliphatic rings. The lowest BCUT2D eigenvalue weighted by Gasteiger charge is -2.20. The van der Waals surface area contributed by atoms with E-state index in [-0.39, 0.29) is 24.8 Å². The maximum atomic E-state index is 12.4. The van der Waals surface area contributed by atoms with Crippen LogP contribution in [0.4, 0.5) is 0 Å². The summed E-state index contributed by atoms with van der Waals surface area (Å²) in [6.07, 6.45) is 2.64. The number of hydrogen-bond donors (Lipinski definition) is 1. The number of furan rings is 1. The van der Waals surface area contributed by atoms with E-state index in [1.807, 2.05) is 23.6 Å². The average molecular weight is 332 g/mol. The zero-order valence-corrected chi connectivity index (χ0v) is 13.2. The van der Waals surface area contributed by atoms with Crippen molar-refractivity contribution in [1.29, 1.82) is 0 Å². The number of aliphatic carboxylic acids is 1. The summed E-state index contributed by atoms with van der Waals surface area (Å²) < 4.78 is 5.38. The fourth-order valence-corrected chi connectivity index (χ4v) is 3.35. The average Bonchev–Trinajstić information content (AvgIpc) is 3.26. The highest BCUT2D eigenvalue weighted by atomic mass is 32.1. The van der Waals surface area contributed by atoms with Crippen molar-refractivity contribution in [2.24, 2.45) is 5.10 Å². The lowest BCUT2D eigenvalue weighted by Crippen LogP contribution is -2.26. The Hall–Kier alpha value is -2.41. The molecule has 1 amide bonds. The van der Waals surface area contributed by atoms with Gasteiger partial charge in [-0.2, -0.15) is 5.10 Å². The van der Waals surface area contributed by atoms with Crippen LogP contribution in [0.25, 0.3) is 0 Å². The molecular formula is C16H16N2O4S. The Bertz CT molecular complexity index is 707. The molecule has 0 aliphatic carbocycles. The van der Waals surface area contributed by atoms with Crippen molar-refractivity contribution in [3.63, 3.8) is 0 Å². The lowest BCUT2D eigenvalue weighted by molar-refractivity contribution is -0.137. The molecule has 2 aromatic heterocycles. The fourth-order valence-electron chi connectivity index (χ4n) is 2.54. The van der Waals surface area contributed by atoms with Crippen LogP contribution in [-0.2, 0) is 9.59 Å². The third-order valence-corrected chi connectivity index (χ3v) is 4.60. The normalized spacial score (nSPS) is 17.3. The van der Waals surface area contributed by atoms with Crippen LogP contribution in [0, 0.1) is 0 Å². The summed E-state index contributed by atoms with van der Waals surface area (Å²) in [6, 6.07) is 7.39. The van der Waals surface area contributed by atoms with Gasteiger partial charge in [0.05, 0.1) is 12.3 Å². The standard InChI is InChI=1S/C16H16N2O4S/c19-15(6-1-7-16(20)21)18-12(14-5-3-9-23-14)10-11(17-18)13-4-2-8-22-13/h2-5,8-9,12H,1,6-7,10H2,(H,20,21)/t12-/m1/s1. The van der Waals surface area contributed by atoms with E-state index in [2.05, 4.69) is 5.10 Å². The summed E-state index contributed by atoms with van der Waals surface area (Å²) in [5.41, 5.74) is 0.736. The van der Waals surface area contributed by atoms with Crippen LogP contribution < -0.4 is 0 Å². The monoisotopic (exact) mass is 332 g/mol. The van der Waals surface area contributed by atoms with Crippen molar-refractivity contribution in [3.05, 3.63) is 46.5 Å². The van der Waals surface area contributed by atoms with Gasteiger partial charge in [0.15, 0.2) is 0 Å². The highest BCUT2D eigenvalue weighted by Gasteiger charge is 2.34. The van der Waals surface area contributed by atoms with Crippen LogP contribution >= 0.6 is 11.3 Å². The molecule has 0 aromatic carbocycles. The molecule has 7 heteroatoms. The number of carboxylic acid groups (broad SMARTS) is 1. The SMILES string of the molecule is O=C(O)CCCC(=O)N1N=C(c2ccco2)C[C@@H]1c1cccs1. The number of hydrazone groups is 1. The third-order valence-electron chi connectivity index (χ3n) is 3.62. The number of amides is 1. The first kappa shape index (κ1) is 15.5. The quantitative estimate of drug-likeness (QED) is 0.880. The first-order valence-electron chi connectivity index (χ1n) is 7.34. The molecule has 0 bridgehead atoms. The number of thiophene rings is 1. The first-order valence-corrected chi connectivity index (χ1v) is 8.21. The summed E-state index contributed by atoms with van der Waals surface area (Å²) in [5, 5.41) is 16.6. The van der Waals surface area contributed by atoms with Crippen molar-refractivity contribution in [3.8, 4) is 0 Å². The minimum atomic E-state index is -0.895. The summed E-state index contributed by atoms with van der Waals surface area (Å²) in [4.78, 5) is 24.1. The van der Waals surface area contributed by atoms with Crippen molar-refractivity contribution in [2.75, 3.05) is 0 Å². The predicted molar refractivity (Wildman–Crippen MR) is 85.3 cm³/mol. The van der Waals surface area contributed by atoms with Gasteiger partial charge in [0, 0.05) is 24.1 Å². The van der Waals surface area contributed by atoms with E-state index in [0.717, 1.165) is 10.6 Å². The van der Waals surface area contributed by atoms with Crippen LogP contribution in [0.3, 0.4) is 0 Å². The highest BCUT2D eigenvalue weighted by molar-refractivity contribution is 7.10. The molecule has 3 rings (SSSR count). The maximum Gasteiger partial charge on any atom is 0.303 e. The van der Waals surface area contributed by atoms with Gasteiger partial charge < -0.3 is 9.52 Å². The molecule has 1 atom stereocenters. The lowest BCUT2D eigenvalue weighted by atomic mass is 10.1. The molecule has 0 spiro atoms. The van der Waals surface area contributed by atoms with Crippen molar-refractivity contribution < 1.29 is 19.1 Å². The fraction of sp³-hybridized carbons (Fsp3) is 0.312. The first-order chi connectivity index (χ1) is 11.1. The zero-order chi connectivity index (χ0) is 16.2. The Morgan fingerprint density at radius 2 is 2.22 bits per heavy atom. The molecule has 23 heavy (non-hydrogen) atoms. The number of rotatable bonds is 6. The van der Waals surface area contributed by atoms with Crippen LogP contribution in [0.1, 0.15) is 42.4 Å². The van der Waals surface area contributed by atoms with Crippen LogP contribution in [-0.4, -0.2) is 27.7 Å². The van der Waals surface area contributed by atoms with Gasteiger partial charge in [0.25, 0.3) is 0 Å². The smallest absolute Gasteiger partial charge is 0.303 e. The van der Waals surface area contributed by atoms with E-state index in [4.69, 9.17) is 9.52 Å². The zero-order valence-electron chi connectivity index (χ0n) is 12.3. The molecule has 1 N–H and O–H groups in total. The number of nitrogens with zero attached hydrogens (tertiary/aromatic N) is 2. The Morgan fingerprint density at radius 1 is 1.35 bits per heavy atom. The van der Waals surface area contributed by atoms with Gasteiger partial charge in [0.2, 0.25) is 5.91 Å². The van der Waals surface area contributed by atoms with Crippen LogP contribution in [0.2, 0.25) is 0 Å². The Labute approximate surface area is 137 Å². The summed E-state index contributed by atoms with van der Waals surface area (Å²) in [7, 11) is 0. The number of hydrogen-bond acceptors (Lipinski definition) is 5. The van der Waals surface area contributed by atoms with E-state index < -0.39 is 5.97 Å². The van der Waals surface area contributed by atoms with Crippen molar-refractivity contribution in [1.82, 2.24) is 5.01 Å². The number of carbonyl (C=O) groups excluding carboxylic acids is 1. The predicted octanol–water partition coefficient (Wildman–Crippen LogP) is 3.27. The second kappa shape index (κ2) is 6.78. The van der Waals surface area contributed by atoms with Gasteiger partial charge in [-0.3, -0.25) is 9.59 Å². The summed E-state index contributed by atoms with van der Waals surface area (Å²) >= 11 is 1.58. The molecule has 6 nitrogen and oxygen atoms in total. The van der Waals surface area contributed by atoms with Crippen LogP contribution in [0.5, 0.6) is 0 Å². The molecule has 0 saturated carbocycles. The van der Waals surface area contributed by atoms with Gasteiger partial charge >= 0.3 is 5.97 Å². The van der Waals surface area contributed by atoms with Gasteiger partial charge in [-0.1, -0.05) is 6.07 Å². The van der Waals surface area contributed by atoms with Crippen molar-refractivity contribution >= 4 is 28.9 Å². The van der Waals surface area contributed by atoms with Crippen LogP contribution in [0.15, 0.2) is 45.4 Å². The largest absolute Gasteiger partial charge is 0.481 e. The number of carboxylic acids is 1. The molecule has 0 unspecified atom stereocenters. The molecule has 1 aliphatic heterocycles. The Morgan fingerprint density at radius 3 is 2.87 bits per heavy atom. The molecule has 0 radical (unpaired) electrons. The molecule has 0 fully saturated rings. The van der Waals surface area contributed by atoms with E-state index >= 15 is 0 Å².